The van der Waals surface area contributed by atoms with E-state index in [9.17, 15) is 19.9 Å². The van der Waals surface area contributed by atoms with E-state index in [0.717, 1.165) is 5.69 Å². The molecule has 2 aliphatic rings. The number of benzene rings is 1. The lowest BCUT2D eigenvalue weighted by atomic mass is 10.0. The number of aromatic amines is 1. The SMILES string of the molecule is CC1(C)c2[nH]nc(NC(=O)c3ccc(N4CC[N+](C)([O-])CC4)cc3)c2CN1C(=O)O. The van der Waals surface area contributed by atoms with Gasteiger partial charge in [0.2, 0.25) is 0 Å². The largest absolute Gasteiger partial charge is 0.633 e. The minimum absolute atomic E-state index is 0.162. The van der Waals surface area contributed by atoms with E-state index in [4.69, 9.17) is 0 Å². The molecule has 2 aromatic rings. The van der Waals surface area contributed by atoms with Crippen LogP contribution in [0.1, 0.15) is 35.5 Å². The number of aromatic nitrogens is 2. The van der Waals surface area contributed by atoms with Gasteiger partial charge in [-0.15, -0.1) is 0 Å². The van der Waals surface area contributed by atoms with Crippen molar-refractivity contribution >= 4 is 23.5 Å². The number of H-pyrrole nitrogens is 1. The van der Waals surface area contributed by atoms with Crippen LogP contribution in [0.5, 0.6) is 0 Å². The summed E-state index contributed by atoms with van der Waals surface area (Å²) in [5, 5.41) is 31.3. The maximum atomic E-state index is 12.7. The summed E-state index contributed by atoms with van der Waals surface area (Å²) in [7, 11) is 1.69. The smallest absolute Gasteiger partial charge is 0.408 e. The van der Waals surface area contributed by atoms with E-state index in [0.29, 0.717) is 48.8 Å². The lowest BCUT2D eigenvalue weighted by Gasteiger charge is -2.45. The average molecular weight is 414 g/mol. The van der Waals surface area contributed by atoms with Crippen LogP contribution in [0.15, 0.2) is 24.3 Å². The molecule has 10 heteroatoms. The molecule has 0 bridgehead atoms. The molecule has 0 radical (unpaired) electrons. The molecule has 3 N–H and O–H groups in total. The van der Waals surface area contributed by atoms with Crippen molar-refractivity contribution in [1.82, 2.24) is 15.1 Å². The third-order valence-corrected chi connectivity index (χ3v) is 6.11. The van der Waals surface area contributed by atoms with Crippen LogP contribution in [0.4, 0.5) is 16.3 Å². The number of rotatable bonds is 3. The lowest BCUT2D eigenvalue weighted by Crippen LogP contribution is -2.53. The van der Waals surface area contributed by atoms with Gasteiger partial charge in [-0.1, -0.05) is 0 Å². The fourth-order valence-corrected chi connectivity index (χ4v) is 4.08. The number of piperazine rings is 1. The van der Waals surface area contributed by atoms with Crippen LogP contribution in [-0.2, 0) is 12.1 Å². The third-order valence-electron chi connectivity index (χ3n) is 6.11. The molecule has 0 unspecified atom stereocenters. The van der Waals surface area contributed by atoms with Crippen molar-refractivity contribution in [3.05, 3.63) is 46.3 Å². The normalized spacial score (nSPS) is 19.5. The Morgan fingerprint density at radius 3 is 2.47 bits per heavy atom. The van der Waals surface area contributed by atoms with E-state index in [1.165, 1.54) is 4.90 Å². The molecule has 0 atom stereocenters. The highest BCUT2D eigenvalue weighted by atomic mass is 16.5. The van der Waals surface area contributed by atoms with Crippen molar-refractivity contribution in [2.24, 2.45) is 0 Å². The number of fused-ring (bicyclic) bond motifs is 1. The van der Waals surface area contributed by atoms with Gasteiger partial charge in [0.1, 0.15) is 0 Å². The predicted octanol–water partition coefficient (Wildman–Crippen LogP) is 2.16. The Labute approximate surface area is 174 Å². The maximum Gasteiger partial charge on any atom is 0.408 e. The summed E-state index contributed by atoms with van der Waals surface area (Å²) >= 11 is 0. The van der Waals surface area contributed by atoms with Gasteiger partial charge in [0.05, 0.1) is 51.0 Å². The number of anilines is 2. The van der Waals surface area contributed by atoms with E-state index in [2.05, 4.69) is 20.4 Å². The van der Waals surface area contributed by atoms with Crippen molar-refractivity contribution in [2.75, 3.05) is 43.4 Å². The first kappa shape index (κ1) is 20.2. The molecule has 2 aliphatic heterocycles. The summed E-state index contributed by atoms with van der Waals surface area (Å²) in [6.45, 7) is 6.19. The van der Waals surface area contributed by atoms with E-state index >= 15 is 0 Å². The van der Waals surface area contributed by atoms with Crippen molar-refractivity contribution in [3.8, 4) is 0 Å². The second-order valence-electron chi connectivity index (χ2n) is 8.59. The maximum absolute atomic E-state index is 12.7. The zero-order chi connectivity index (χ0) is 21.7. The fraction of sp³-hybridized carbons (Fsp3) is 0.450. The van der Waals surface area contributed by atoms with Gasteiger partial charge in [0.15, 0.2) is 5.82 Å². The number of amides is 2. The van der Waals surface area contributed by atoms with Crippen LogP contribution >= 0.6 is 0 Å². The van der Waals surface area contributed by atoms with Crippen LogP contribution in [-0.4, -0.2) is 70.1 Å². The number of hydroxylamine groups is 3. The molecule has 1 aromatic carbocycles. The Kier molecular flexibility index (Phi) is 4.70. The van der Waals surface area contributed by atoms with E-state index < -0.39 is 11.6 Å². The van der Waals surface area contributed by atoms with Crippen LogP contribution in [0.25, 0.3) is 0 Å². The zero-order valence-electron chi connectivity index (χ0n) is 17.3. The van der Waals surface area contributed by atoms with Gasteiger partial charge >= 0.3 is 6.09 Å². The van der Waals surface area contributed by atoms with Gasteiger partial charge in [-0.3, -0.25) is 14.8 Å². The highest BCUT2D eigenvalue weighted by Crippen LogP contribution is 2.40. The molecule has 3 heterocycles. The Morgan fingerprint density at radius 2 is 1.87 bits per heavy atom. The second kappa shape index (κ2) is 6.99. The highest BCUT2D eigenvalue weighted by Gasteiger charge is 2.44. The minimum Gasteiger partial charge on any atom is -0.633 e. The van der Waals surface area contributed by atoms with Crippen LogP contribution in [0.3, 0.4) is 0 Å². The predicted molar refractivity (Wildman–Crippen MR) is 111 cm³/mol. The van der Waals surface area contributed by atoms with Crippen LogP contribution in [0, 0.1) is 5.21 Å². The van der Waals surface area contributed by atoms with Crippen LogP contribution < -0.4 is 10.2 Å². The monoisotopic (exact) mass is 414 g/mol. The van der Waals surface area contributed by atoms with Gasteiger partial charge in [-0.25, -0.2) is 4.79 Å². The number of nitrogens with one attached hydrogen (secondary N) is 2. The molecule has 1 saturated heterocycles. The van der Waals surface area contributed by atoms with Crippen molar-refractivity contribution in [1.29, 1.82) is 0 Å². The number of nitrogens with zero attached hydrogens (tertiary/aromatic N) is 4. The Balaban J connectivity index is 1.46. The molecule has 1 fully saturated rings. The van der Waals surface area contributed by atoms with E-state index in [-0.39, 0.29) is 17.1 Å². The van der Waals surface area contributed by atoms with E-state index in [1.54, 1.807) is 33.0 Å². The minimum atomic E-state index is -1.02. The van der Waals surface area contributed by atoms with Gasteiger partial charge in [0.25, 0.3) is 5.91 Å². The number of hydrogen-bond acceptors (Lipinski definition) is 5. The van der Waals surface area contributed by atoms with E-state index in [1.807, 2.05) is 12.1 Å². The summed E-state index contributed by atoms with van der Waals surface area (Å²) in [6.07, 6.45) is -1.02. The first-order valence-electron chi connectivity index (χ1n) is 9.89. The molecule has 2 amide bonds. The summed E-state index contributed by atoms with van der Waals surface area (Å²) in [5.74, 6) is 0.0318. The number of likely N-dealkylation sites (N-methyl/N-ethyl adjacent to an activating group) is 1. The zero-order valence-corrected chi connectivity index (χ0v) is 17.3. The highest BCUT2D eigenvalue weighted by molar-refractivity contribution is 6.04. The standard InChI is InChI=1S/C20H26N6O4/c1-20(2)16-15(12-25(20)19(28)29)17(23-22-16)21-18(27)13-4-6-14(7-5-13)24-8-10-26(3,30)11-9-24/h4-7H,8-12H2,1-3H3,(H,28,29)(H2,21,22,23,27). The molecule has 0 spiro atoms. The lowest BCUT2D eigenvalue weighted by molar-refractivity contribution is -0.861. The fourth-order valence-electron chi connectivity index (χ4n) is 4.08. The Bertz CT molecular complexity index is 972. The third kappa shape index (κ3) is 3.48. The second-order valence-corrected chi connectivity index (χ2v) is 8.59. The number of quaternary nitrogens is 1. The number of carbonyl (C=O) groups is 2. The summed E-state index contributed by atoms with van der Waals surface area (Å²) in [6, 6.07) is 7.23. The average Bonchev–Trinajstić information content (AvgIpc) is 3.20. The van der Waals surface area contributed by atoms with Gasteiger partial charge in [-0.05, 0) is 38.1 Å². The Hall–Kier alpha value is -3.11. The topological polar surface area (TPSA) is 125 Å². The van der Waals surface area contributed by atoms with Crippen LogP contribution in [0.2, 0.25) is 0 Å². The molecule has 0 aliphatic carbocycles. The Morgan fingerprint density at radius 1 is 1.23 bits per heavy atom. The molecular weight excluding hydrogens is 388 g/mol. The van der Waals surface area contributed by atoms with Gasteiger partial charge in [0, 0.05) is 16.8 Å². The summed E-state index contributed by atoms with van der Waals surface area (Å²) in [5.41, 5.74) is 2.07. The van der Waals surface area contributed by atoms with Crippen molar-refractivity contribution in [3.63, 3.8) is 0 Å². The molecule has 1 aromatic heterocycles. The van der Waals surface area contributed by atoms with Crippen molar-refractivity contribution in [2.45, 2.75) is 25.9 Å². The van der Waals surface area contributed by atoms with Gasteiger partial charge in [-0.2, -0.15) is 5.10 Å². The number of carboxylic acid groups (broad SMARTS) is 1. The first-order chi connectivity index (χ1) is 14.1. The first-order valence-corrected chi connectivity index (χ1v) is 9.89. The molecule has 4 rings (SSSR count). The summed E-state index contributed by atoms with van der Waals surface area (Å²) < 4.78 is -0.221. The van der Waals surface area contributed by atoms with Crippen molar-refractivity contribution < 1.29 is 19.3 Å². The quantitative estimate of drug-likeness (QED) is 0.522. The van der Waals surface area contributed by atoms with Gasteiger partial charge < -0.3 is 25.2 Å². The molecule has 30 heavy (non-hydrogen) atoms. The molecule has 0 saturated carbocycles. The number of hydrogen-bond donors (Lipinski definition) is 3. The number of carbonyl (C=O) groups excluding carboxylic acids is 1. The molecule has 10 nitrogen and oxygen atoms in total. The summed E-state index contributed by atoms with van der Waals surface area (Å²) in [4.78, 5) is 27.7. The molecule has 160 valence electrons. The molecular formula is C20H26N6O4.